The quantitative estimate of drug-likeness (QED) is 0.688. The summed E-state index contributed by atoms with van der Waals surface area (Å²) in [5, 5.41) is 2.82. The minimum absolute atomic E-state index is 0.000385. The molecular weight excluding hydrogens is 406 g/mol. The lowest BCUT2D eigenvalue weighted by molar-refractivity contribution is -0.139. The summed E-state index contributed by atoms with van der Waals surface area (Å²) in [7, 11) is 1.63. The van der Waals surface area contributed by atoms with Gasteiger partial charge in [-0.1, -0.05) is 30.3 Å². The third kappa shape index (κ3) is 6.33. The number of carbonyl (C=O) groups is 3. The van der Waals surface area contributed by atoms with Crippen molar-refractivity contribution < 1.29 is 19.1 Å². The van der Waals surface area contributed by atoms with Crippen LogP contribution in [0.1, 0.15) is 34.3 Å². The zero-order chi connectivity index (χ0) is 22.9. The minimum atomic E-state index is -0.164. The van der Waals surface area contributed by atoms with E-state index in [1.807, 2.05) is 54.3 Å². The molecule has 1 aliphatic rings. The fourth-order valence-corrected chi connectivity index (χ4v) is 3.77. The lowest BCUT2D eigenvalue weighted by Gasteiger charge is -2.35. The lowest BCUT2D eigenvalue weighted by Crippen LogP contribution is -2.51. The van der Waals surface area contributed by atoms with E-state index >= 15 is 0 Å². The highest BCUT2D eigenvalue weighted by Crippen LogP contribution is 2.14. The first-order valence-corrected chi connectivity index (χ1v) is 11.0. The molecule has 1 heterocycles. The highest BCUT2D eigenvalue weighted by atomic mass is 16.5. The van der Waals surface area contributed by atoms with Crippen molar-refractivity contribution in [2.45, 2.75) is 26.2 Å². The lowest BCUT2D eigenvalue weighted by atomic mass is 10.1. The molecule has 0 aromatic heterocycles. The molecule has 0 unspecified atom stereocenters. The number of aryl methyl sites for hydroxylation is 2. The largest absolute Gasteiger partial charge is 0.497 e. The number of piperazine rings is 1. The Bertz CT molecular complexity index is 934. The van der Waals surface area contributed by atoms with Gasteiger partial charge in [-0.15, -0.1) is 0 Å². The second-order valence-corrected chi connectivity index (χ2v) is 7.93. The van der Waals surface area contributed by atoms with Gasteiger partial charge in [0.1, 0.15) is 5.75 Å². The van der Waals surface area contributed by atoms with Crippen LogP contribution in [-0.2, 0) is 16.0 Å². The zero-order valence-electron chi connectivity index (χ0n) is 18.8. The Morgan fingerprint density at radius 1 is 0.875 bits per heavy atom. The Labute approximate surface area is 189 Å². The Hall–Kier alpha value is -3.35. The molecule has 1 N–H and O–H groups in total. The van der Waals surface area contributed by atoms with Crippen molar-refractivity contribution in [1.82, 2.24) is 15.1 Å². The molecule has 1 saturated heterocycles. The molecule has 0 bridgehead atoms. The number of hydrogen-bond acceptors (Lipinski definition) is 4. The van der Waals surface area contributed by atoms with Crippen molar-refractivity contribution in [3.8, 4) is 5.75 Å². The number of benzene rings is 2. The molecule has 3 rings (SSSR count). The van der Waals surface area contributed by atoms with Crippen LogP contribution in [0, 0.1) is 6.92 Å². The SMILES string of the molecule is COc1ccc(CCC(=O)N2CCN(C(=O)CCNC(=O)c3ccccc3C)CC2)cc1. The maximum absolute atomic E-state index is 12.5. The number of nitrogens with one attached hydrogen (secondary N) is 1. The van der Waals surface area contributed by atoms with Gasteiger partial charge in [0, 0.05) is 51.1 Å². The van der Waals surface area contributed by atoms with E-state index in [2.05, 4.69) is 5.32 Å². The summed E-state index contributed by atoms with van der Waals surface area (Å²) in [4.78, 5) is 40.9. The average molecular weight is 438 g/mol. The number of nitrogens with zero attached hydrogens (tertiary/aromatic N) is 2. The Balaban J connectivity index is 1.36. The first-order chi connectivity index (χ1) is 15.5. The van der Waals surface area contributed by atoms with Crippen molar-refractivity contribution in [1.29, 1.82) is 0 Å². The van der Waals surface area contributed by atoms with Gasteiger partial charge in [0.05, 0.1) is 7.11 Å². The highest BCUT2D eigenvalue weighted by molar-refractivity contribution is 5.95. The van der Waals surface area contributed by atoms with Crippen LogP contribution < -0.4 is 10.1 Å². The van der Waals surface area contributed by atoms with Crippen LogP contribution in [0.2, 0.25) is 0 Å². The van der Waals surface area contributed by atoms with Crippen LogP contribution in [0.25, 0.3) is 0 Å². The predicted molar refractivity (Wildman–Crippen MR) is 123 cm³/mol. The first-order valence-electron chi connectivity index (χ1n) is 11.0. The van der Waals surface area contributed by atoms with E-state index in [9.17, 15) is 14.4 Å². The van der Waals surface area contributed by atoms with Gasteiger partial charge in [-0.05, 0) is 42.7 Å². The molecule has 0 saturated carbocycles. The summed E-state index contributed by atoms with van der Waals surface area (Å²) < 4.78 is 5.15. The molecule has 7 nitrogen and oxygen atoms in total. The second-order valence-electron chi connectivity index (χ2n) is 7.93. The number of hydrogen-bond donors (Lipinski definition) is 1. The minimum Gasteiger partial charge on any atom is -0.497 e. The van der Waals surface area contributed by atoms with E-state index < -0.39 is 0 Å². The molecule has 0 radical (unpaired) electrons. The van der Waals surface area contributed by atoms with Crippen molar-refractivity contribution in [2.24, 2.45) is 0 Å². The van der Waals surface area contributed by atoms with Crippen LogP contribution in [0.3, 0.4) is 0 Å². The molecule has 0 aliphatic carbocycles. The third-order valence-electron chi connectivity index (χ3n) is 5.79. The summed E-state index contributed by atoms with van der Waals surface area (Å²) in [6.45, 7) is 4.33. The maximum Gasteiger partial charge on any atom is 0.251 e. The number of carbonyl (C=O) groups excluding carboxylic acids is 3. The number of methoxy groups -OCH3 is 1. The van der Waals surface area contributed by atoms with Gasteiger partial charge in [0.2, 0.25) is 11.8 Å². The first kappa shape index (κ1) is 23.3. The maximum atomic E-state index is 12.5. The van der Waals surface area contributed by atoms with Gasteiger partial charge in [0.25, 0.3) is 5.91 Å². The van der Waals surface area contributed by atoms with Crippen LogP contribution in [0.15, 0.2) is 48.5 Å². The van der Waals surface area contributed by atoms with Gasteiger partial charge in [0.15, 0.2) is 0 Å². The second kappa shape index (κ2) is 11.3. The van der Waals surface area contributed by atoms with Crippen molar-refractivity contribution in [2.75, 3.05) is 39.8 Å². The summed E-state index contributed by atoms with van der Waals surface area (Å²) in [5.41, 5.74) is 2.63. The average Bonchev–Trinajstić information content (AvgIpc) is 2.83. The van der Waals surface area contributed by atoms with Crippen LogP contribution in [0.4, 0.5) is 0 Å². The normalized spacial score (nSPS) is 13.6. The van der Waals surface area contributed by atoms with E-state index in [0.717, 1.165) is 16.9 Å². The monoisotopic (exact) mass is 437 g/mol. The van der Waals surface area contributed by atoms with Gasteiger partial charge in [-0.2, -0.15) is 0 Å². The van der Waals surface area contributed by atoms with Gasteiger partial charge >= 0.3 is 0 Å². The zero-order valence-corrected chi connectivity index (χ0v) is 18.8. The topological polar surface area (TPSA) is 79.0 Å². The molecule has 3 amide bonds. The van der Waals surface area contributed by atoms with Gasteiger partial charge < -0.3 is 19.9 Å². The Morgan fingerprint density at radius 2 is 1.47 bits per heavy atom. The molecule has 0 spiro atoms. The molecule has 2 aromatic rings. The molecule has 0 atom stereocenters. The van der Waals surface area contributed by atoms with E-state index in [1.165, 1.54) is 0 Å². The Kier molecular flexibility index (Phi) is 8.25. The van der Waals surface area contributed by atoms with Crippen LogP contribution in [-0.4, -0.2) is 67.4 Å². The number of rotatable bonds is 8. The molecule has 1 aliphatic heterocycles. The molecular formula is C25H31N3O4. The highest BCUT2D eigenvalue weighted by Gasteiger charge is 2.23. The Morgan fingerprint density at radius 3 is 2.06 bits per heavy atom. The van der Waals surface area contributed by atoms with Crippen LogP contribution >= 0.6 is 0 Å². The standard InChI is InChI=1S/C25H31N3O4/c1-19-5-3-4-6-22(19)25(31)26-14-13-24(30)28-17-15-27(16-18-28)23(29)12-9-20-7-10-21(32-2)11-8-20/h3-8,10-11H,9,12-18H2,1-2H3,(H,26,31). The predicted octanol–water partition coefficient (Wildman–Crippen LogP) is 2.43. The number of ether oxygens (including phenoxy) is 1. The summed E-state index contributed by atoms with van der Waals surface area (Å²) in [5.74, 6) is 0.748. The summed E-state index contributed by atoms with van der Waals surface area (Å²) in [6.07, 6.45) is 1.39. The fraction of sp³-hybridized carbons (Fsp3) is 0.400. The number of amides is 3. The smallest absolute Gasteiger partial charge is 0.251 e. The molecule has 32 heavy (non-hydrogen) atoms. The van der Waals surface area contributed by atoms with E-state index in [1.54, 1.807) is 18.1 Å². The van der Waals surface area contributed by atoms with Crippen molar-refractivity contribution in [3.63, 3.8) is 0 Å². The van der Waals surface area contributed by atoms with E-state index in [0.29, 0.717) is 51.1 Å². The fourth-order valence-electron chi connectivity index (χ4n) is 3.77. The van der Waals surface area contributed by atoms with Gasteiger partial charge in [-0.3, -0.25) is 14.4 Å². The van der Waals surface area contributed by atoms with Gasteiger partial charge in [-0.25, -0.2) is 0 Å². The third-order valence-corrected chi connectivity index (χ3v) is 5.79. The van der Waals surface area contributed by atoms with E-state index in [-0.39, 0.29) is 24.1 Å². The van der Waals surface area contributed by atoms with Crippen molar-refractivity contribution >= 4 is 17.7 Å². The summed E-state index contributed by atoms with van der Waals surface area (Å²) >= 11 is 0. The molecule has 7 heteroatoms. The van der Waals surface area contributed by atoms with Crippen LogP contribution in [0.5, 0.6) is 5.75 Å². The molecule has 2 aromatic carbocycles. The van der Waals surface area contributed by atoms with Crippen molar-refractivity contribution in [3.05, 3.63) is 65.2 Å². The summed E-state index contributed by atoms with van der Waals surface area (Å²) in [6, 6.07) is 15.1. The van der Waals surface area contributed by atoms with E-state index in [4.69, 9.17) is 4.74 Å². The molecule has 170 valence electrons. The molecule has 1 fully saturated rings.